The van der Waals surface area contributed by atoms with Crippen LogP contribution in [0.1, 0.15) is 6.92 Å². The fourth-order valence-corrected chi connectivity index (χ4v) is 2.13. The summed E-state index contributed by atoms with van der Waals surface area (Å²) in [6.45, 7) is 2.80. The Hall–Kier alpha value is -2.30. The Morgan fingerprint density at radius 1 is 1.41 bits per heavy atom. The van der Waals surface area contributed by atoms with Crippen LogP contribution in [0, 0.1) is 0 Å². The van der Waals surface area contributed by atoms with Gasteiger partial charge in [-0.15, -0.1) is 0 Å². The van der Waals surface area contributed by atoms with Crippen molar-refractivity contribution >= 4 is 10.9 Å². The zero-order chi connectivity index (χ0) is 11.8. The maximum Gasteiger partial charge on any atom is 0.272 e. The first-order chi connectivity index (χ1) is 8.31. The van der Waals surface area contributed by atoms with Crippen molar-refractivity contribution < 1.29 is 0 Å². The van der Waals surface area contributed by atoms with E-state index in [4.69, 9.17) is 0 Å². The molecule has 0 unspecified atom stereocenters. The Balaban J connectivity index is 2.39. The number of aromatic nitrogens is 4. The second kappa shape index (κ2) is 3.62. The van der Waals surface area contributed by atoms with Crippen LogP contribution in [0.3, 0.4) is 0 Å². The molecular formula is C12H12N4O. The topological polar surface area (TPSA) is 66.5 Å². The summed E-state index contributed by atoms with van der Waals surface area (Å²) < 4.78 is 1.94. The maximum atomic E-state index is 11.8. The van der Waals surface area contributed by atoms with Gasteiger partial charge in [-0.2, -0.15) is 5.10 Å². The Bertz CT molecular complexity index is 706. The molecule has 0 spiro atoms. The Morgan fingerprint density at radius 2 is 2.29 bits per heavy atom. The molecule has 2 N–H and O–H groups in total. The summed E-state index contributed by atoms with van der Waals surface area (Å²) >= 11 is 0. The van der Waals surface area contributed by atoms with Gasteiger partial charge < -0.3 is 9.55 Å². The van der Waals surface area contributed by atoms with E-state index in [0.717, 1.165) is 23.1 Å². The molecule has 3 aromatic rings. The van der Waals surface area contributed by atoms with E-state index in [2.05, 4.69) is 15.2 Å². The fourth-order valence-electron chi connectivity index (χ4n) is 2.13. The summed E-state index contributed by atoms with van der Waals surface area (Å²) in [5, 5.41) is 7.67. The highest BCUT2D eigenvalue weighted by molar-refractivity contribution is 5.94. The first-order valence-corrected chi connectivity index (χ1v) is 5.51. The molecule has 3 aromatic heterocycles. The molecule has 3 heterocycles. The highest BCUT2D eigenvalue weighted by Gasteiger charge is 2.10. The summed E-state index contributed by atoms with van der Waals surface area (Å²) in [6, 6.07) is 1.97. The molecule has 86 valence electrons. The van der Waals surface area contributed by atoms with Gasteiger partial charge in [0.15, 0.2) is 0 Å². The molecule has 0 aliphatic carbocycles. The lowest BCUT2D eigenvalue weighted by molar-refractivity contribution is 0.793. The maximum absolute atomic E-state index is 11.8. The summed E-state index contributed by atoms with van der Waals surface area (Å²) in [5.74, 6) is 0. The molecule has 5 nitrogen and oxygen atoms in total. The van der Waals surface area contributed by atoms with E-state index in [9.17, 15) is 4.79 Å². The number of rotatable bonds is 2. The number of H-pyrrole nitrogens is 2. The van der Waals surface area contributed by atoms with E-state index in [1.807, 2.05) is 30.0 Å². The van der Waals surface area contributed by atoms with Gasteiger partial charge in [0.25, 0.3) is 5.56 Å². The number of hydrogen-bond donors (Lipinski definition) is 2. The van der Waals surface area contributed by atoms with Crippen molar-refractivity contribution in [3.05, 3.63) is 41.2 Å². The molecule has 5 heteroatoms. The number of pyridine rings is 1. The number of nitrogens with zero attached hydrogens (tertiary/aromatic N) is 2. The van der Waals surface area contributed by atoms with E-state index in [1.165, 1.54) is 0 Å². The number of aryl methyl sites for hydroxylation is 1. The van der Waals surface area contributed by atoms with Gasteiger partial charge in [-0.05, 0) is 13.0 Å². The Kier molecular flexibility index (Phi) is 2.11. The van der Waals surface area contributed by atoms with Crippen molar-refractivity contribution in [3.63, 3.8) is 0 Å². The van der Waals surface area contributed by atoms with Crippen molar-refractivity contribution in [1.29, 1.82) is 0 Å². The van der Waals surface area contributed by atoms with Crippen LogP contribution in [0.15, 0.2) is 35.6 Å². The average Bonchev–Trinajstić information content (AvgIpc) is 2.98. The summed E-state index contributed by atoms with van der Waals surface area (Å²) in [5.41, 5.74) is 2.62. The van der Waals surface area contributed by atoms with Gasteiger partial charge in [-0.1, -0.05) is 0 Å². The van der Waals surface area contributed by atoms with Crippen molar-refractivity contribution in [3.8, 4) is 11.1 Å². The predicted octanol–water partition coefficient (Wildman–Crippen LogP) is 1.74. The predicted molar refractivity (Wildman–Crippen MR) is 65.8 cm³/mol. The molecule has 0 saturated heterocycles. The molecule has 0 fully saturated rings. The zero-order valence-electron chi connectivity index (χ0n) is 9.40. The lowest BCUT2D eigenvalue weighted by Crippen LogP contribution is -2.10. The SMILES string of the molecule is CCn1ccc2c(-c3cn[nH]c3)c[nH]c(=O)c21. The first kappa shape index (κ1) is 9.89. The van der Waals surface area contributed by atoms with Crippen LogP contribution < -0.4 is 5.56 Å². The molecular weight excluding hydrogens is 216 g/mol. The molecule has 0 bridgehead atoms. The zero-order valence-corrected chi connectivity index (χ0v) is 9.40. The van der Waals surface area contributed by atoms with E-state index < -0.39 is 0 Å². The van der Waals surface area contributed by atoms with Gasteiger partial charge in [-0.3, -0.25) is 9.89 Å². The lowest BCUT2D eigenvalue weighted by Gasteiger charge is -2.02. The first-order valence-electron chi connectivity index (χ1n) is 5.51. The van der Waals surface area contributed by atoms with E-state index in [0.29, 0.717) is 5.52 Å². The molecule has 3 rings (SSSR count). The van der Waals surface area contributed by atoms with Crippen LogP contribution in [-0.4, -0.2) is 19.7 Å². The third kappa shape index (κ3) is 1.39. The third-order valence-electron chi connectivity index (χ3n) is 2.97. The van der Waals surface area contributed by atoms with Crippen molar-refractivity contribution in [2.75, 3.05) is 0 Å². The van der Waals surface area contributed by atoms with Crippen LogP contribution in [0.2, 0.25) is 0 Å². The Labute approximate surface area is 97.1 Å². The minimum atomic E-state index is -0.0564. The van der Waals surface area contributed by atoms with E-state index in [1.54, 1.807) is 12.4 Å². The monoisotopic (exact) mass is 228 g/mol. The molecule has 0 aliphatic heterocycles. The second-order valence-electron chi connectivity index (χ2n) is 3.88. The summed E-state index contributed by atoms with van der Waals surface area (Å²) in [7, 11) is 0. The molecule has 0 saturated carbocycles. The van der Waals surface area contributed by atoms with Gasteiger partial charge in [0, 0.05) is 41.6 Å². The number of fused-ring (bicyclic) bond motifs is 1. The van der Waals surface area contributed by atoms with Crippen LogP contribution in [-0.2, 0) is 6.54 Å². The van der Waals surface area contributed by atoms with Crippen molar-refractivity contribution in [1.82, 2.24) is 19.7 Å². The quantitative estimate of drug-likeness (QED) is 0.701. The third-order valence-corrected chi connectivity index (χ3v) is 2.97. The number of hydrogen-bond acceptors (Lipinski definition) is 2. The van der Waals surface area contributed by atoms with Gasteiger partial charge in [0.1, 0.15) is 5.52 Å². The molecule has 0 radical (unpaired) electrons. The smallest absolute Gasteiger partial charge is 0.272 e. The van der Waals surface area contributed by atoms with Crippen molar-refractivity contribution in [2.45, 2.75) is 13.5 Å². The normalized spacial score (nSPS) is 11.1. The van der Waals surface area contributed by atoms with Gasteiger partial charge in [-0.25, -0.2) is 0 Å². The van der Waals surface area contributed by atoms with E-state index >= 15 is 0 Å². The lowest BCUT2D eigenvalue weighted by atomic mass is 10.1. The standard InChI is InChI=1S/C12H12N4O/c1-2-16-4-3-9-10(8-5-14-15-6-8)7-13-12(17)11(9)16/h3-7H,2H2,1H3,(H,13,17)(H,14,15). The fraction of sp³-hybridized carbons (Fsp3) is 0.167. The highest BCUT2D eigenvalue weighted by Crippen LogP contribution is 2.25. The second-order valence-corrected chi connectivity index (χ2v) is 3.88. The van der Waals surface area contributed by atoms with Crippen LogP contribution in [0.25, 0.3) is 22.0 Å². The van der Waals surface area contributed by atoms with Gasteiger partial charge in [0.2, 0.25) is 0 Å². The minimum absolute atomic E-state index is 0.0564. The molecule has 0 atom stereocenters. The molecule has 0 aromatic carbocycles. The Morgan fingerprint density at radius 3 is 3.00 bits per heavy atom. The van der Waals surface area contributed by atoms with Gasteiger partial charge >= 0.3 is 0 Å². The van der Waals surface area contributed by atoms with E-state index in [-0.39, 0.29) is 5.56 Å². The number of nitrogens with one attached hydrogen (secondary N) is 2. The van der Waals surface area contributed by atoms with Crippen LogP contribution in [0.4, 0.5) is 0 Å². The molecule has 0 aliphatic rings. The average molecular weight is 228 g/mol. The van der Waals surface area contributed by atoms with Gasteiger partial charge in [0.05, 0.1) is 6.20 Å². The summed E-state index contributed by atoms with van der Waals surface area (Å²) in [6.07, 6.45) is 7.23. The molecule has 17 heavy (non-hydrogen) atoms. The highest BCUT2D eigenvalue weighted by atomic mass is 16.1. The van der Waals surface area contributed by atoms with Crippen LogP contribution in [0.5, 0.6) is 0 Å². The van der Waals surface area contributed by atoms with Crippen molar-refractivity contribution in [2.24, 2.45) is 0 Å². The summed E-state index contributed by atoms with van der Waals surface area (Å²) in [4.78, 5) is 14.6. The minimum Gasteiger partial charge on any atom is -0.343 e. The molecule has 0 amide bonds. The number of aromatic amines is 2. The largest absolute Gasteiger partial charge is 0.343 e. The van der Waals surface area contributed by atoms with Crippen LogP contribution >= 0.6 is 0 Å².